The molecule has 25 heavy (non-hydrogen) atoms. The van der Waals surface area contributed by atoms with Gasteiger partial charge in [-0.25, -0.2) is 4.98 Å². The predicted molar refractivity (Wildman–Crippen MR) is 98.5 cm³/mol. The molecule has 1 N–H and O–H groups in total. The van der Waals surface area contributed by atoms with Crippen LogP contribution in [0.2, 0.25) is 0 Å². The summed E-state index contributed by atoms with van der Waals surface area (Å²) in [5.74, 6) is -0.152. The first kappa shape index (κ1) is 15.8. The maximum Gasteiger partial charge on any atom is 0.271 e. The maximum atomic E-state index is 12.6. The highest BCUT2D eigenvalue weighted by molar-refractivity contribution is 5.93. The van der Waals surface area contributed by atoms with E-state index in [4.69, 9.17) is 0 Å². The molecule has 0 atom stereocenters. The third-order valence-corrected chi connectivity index (χ3v) is 5.22. The molecule has 4 rings (SSSR count). The van der Waals surface area contributed by atoms with E-state index in [1.165, 1.54) is 18.4 Å². The molecule has 1 fully saturated rings. The lowest BCUT2D eigenvalue weighted by molar-refractivity contribution is 0.0938. The minimum Gasteiger partial charge on any atom is -0.350 e. The number of nitrogens with one attached hydrogen (secondary N) is 1. The second-order valence-corrected chi connectivity index (χ2v) is 6.78. The average molecular weight is 331 g/mol. The monoisotopic (exact) mass is 331 g/mol. The van der Waals surface area contributed by atoms with E-state index >= 15 is 0 Å². The third kappa shape index (κ3) is 3.12. The number of nitrogens with zero attached hydrogens (tertiary/aromatic N) is 2. The van der Waals surface area contributed by atoms with Crippen LogP contribution in [0.3, 0.4) is 0 Å². The van der Waals surface area contributed by atoms with Crippen molar-refractivity contribution in [3.05, 3.63) is 72.1 Å². The molecule has 0 bridgehead atoms. The van der Waals surface area contributed by atoms with Crippen LogP contribution in [0.1, 0.15) is 41.7 Å². The number of rotatable bonds is 4. The SMILES string of the molecule is O=C(NCC1(c2ccccc2)CCCC1)c1cnc2ccccc2n1. The highest BCUT2D eigenvalue weighted by Crippen LogP contribution is 2.40. The molecule has 1 heterocycles. The van der Waals surface area contributed by atoms with Gasteiger partial charge in [0.05, 0.1) is 17.2 Å². The van der Waals surface area contributed by atoms with Gasteiger partial charge in [0.15, 0.2) is 0 Å². The van der Waals surface area contributed by atoms with Gasteiger partial charge >= 0.3 is 0 Å². The smallest absolute Gasteiger partial charge is 0.271 e. The Hall–Kier alpha value is -2.75. The molecule has 0 saturated heterocycles. The first-order valence-electron chi connectivity index (χ1n) is 8.82. The van der Waals surface area contributed by atoms with Crippen molar-refractivity contribution in [1.82, 2.24) is 15.3 Å². The molecule has 1 saturated carbocycles. The molecule has 0 unspecified atom stereocenters. The molecule has 4 nitrogen and oxygen atoms in total. The summed E-state index contributed by atoms with van der Waals surface area (Å²) in [5, 5.41) is 3.10. The second kappa shape index (κ2) is 6.63. The summed E-state index contributed by atoms with van der Waals surface area (Å²) in [4.78, 5) is 21.4. The number of fused-ring (bicyclic) bond motifs is 1. The Balaban J connectivity index is 1.53. The lowest BCUT2D eigenvalue weighted by atomic mass is 9.79. The van der Waals surface area contributed by atoms with Crippen LogP contribution in [0, 0.1) is 0 Å². The van der Waals surface area contributed by atoms with E-state index in [0.717, 1.165) is 23.9 Å². The maximum absolute atomic E-state index is 12.6. The van der Waals surface area contributed by atoms with Crippen LogP contribution in [0.25, 0.3) is 11.0 Å². The van der Waals surface area contributed by atoms with E-state index in [1.54, 1.807) is 6.20 Å². The molecule has 126 valence electrons. The number of aromatic nitrogens is 2. The molecule has 0 spiro atoms. The van der Waals surface area contributed by atoms with E-state index < -0.39 is 0 Å². The van der Waals surface area contributed by atoms with Crippen molar-refractivity contribution < 1.29 is 4.79 Å². The summed E-state index contributed by atoms with van der Waals surface area (Å²) in [7, 11) is 0. The van der Waals surface area contributed by atoms with Crippen LogP contribution in [0.4, 0.5) is 0 Å². The van der Waals surface area contributed by atoms with Gasteiger partial charge < -0.3 is 5.32 Å². The van der Waals surface area contributed by atoms with Crippen molar-refractivity contribution in [3.8, 4) is 0 Å². The molecule has 1 aromatic heterocycles. The van der Waals surface area contributed by atoms with Crippen molar-refractivity contribution in [1.29, 1.82) is 0 Å². The average Bonchev–Trinajstić information content (AvgIpc) is 3.17. The predicted octanol–water partition coefficient (Wildman–Crippen LogP) is 3.87. The Labute approximate surface area is 147 Å². The van der Waals surface area contributed by atoms with Gasteiger partial charge in [-0.1, -0.05) is 55.3 Å². The molecule has 0 radical (unpaired) electrons. The van der Waals surface area contributed by atoms with E-state index in [1.807, 2.05) is 30.3 Å². The Morgan fingerprint density at radius 3 is 2.40 bits per heavy atom. The molecule has 1 amide bonds. The number of amides is 1. The summed E-state index contributed by atoms with van der Waals surface area (Å²) >= 11 is 0. The number of benzene rings is 2. The van der Waals surface area contributed by atoms with E-state index in [-0.39, 0.29) is 11.3 Å². The van der Waals surface area contributed by atoms with Crippen LogP contribution in [0.15, 0.2) is 60.8 Å². The minimum absolute atomic E-state index is 0.0429. The molecule has 2 aromatic carbocycles. The fourth-order valence-corrected chi connectivity index (χ4v) is 3.82. The fraction of sp³-hybridized carbons (Fsp3) is 0.286. The molecule has 4 heteroatoms. The van der Waals surface area contributed by atoms with Gasteiger partial charge in [0.2, 0.25) is 0 Å². The lowest BCUT2D eigenvalue weighted by Gasteiger charge is -2.30. The Morgan fingerprint density at radius 2 is 1.64 bits per heavy atom. The van der Waals surface area contributed by atoms with Gasteiger partial charge in [0, 0.05) is 12.0 Å². The van der Waals surface area contributed by atoms with Crippen molar-refractivity contribution >= 4 is 16.9 Å². The summed E-state index contributed by atoms with van der Waals surface area (Å²) in [6, 6.07) is 18.1. The zero-order chi connectivity index (χ0) is 17.1. The minimum atomic E-state index is -0.152. The number of hydrogen-bond donors (Lipinski definition) is 1. The van der Waals surface area contributed by atoms with Crippen LogP contribution >= 0.6 is 0 Å². The topological polar surface area (TPSA) is 54.9 Å². The Morgan fingerprint density at radius 1 is 0.960 bits per heavy atom. The van der Waals surface area contributed by atoms with Crippen molar-refractivity contribution in [2.24, 2.45) is 0 Å². The highest BCUT2D eigenvalue weighted by atomic mass is 16.1. The molecule has 3 aromatic rings. The van der Waals surface area contributed by atoms with Gasteiger partial charge in [0.1, 0.15) is 5.69 Å². The Bertz CT molecular complexity index is 886. The van der Waals surface area contributed by atoms with Crippen LogP contribution in [-0.2, 0) is 5.41 Å². The summed E-state index contributed by atoms with van der Waals surface area (Å²) < 4.78 is 0. The normalized spacial score (nSPS) is 16.0. The van der Waals surface area contributed by atoms with Gasteiger partial charge in [-0.3, -0.25) is 9.78 Å². The highest BCUT2D eigenvalue weighted by Gasteiger charge is 2.35. The van der Waals surface area contributed by atoms with E-state index in [2.05, 4.69) is 39.6 Å². The Kier molecular flexibility index (Phi) is 4.18. The molecular formula is C21H21N3O. The van der Waals surface area contributed by atoms with Gasteiger partial charge in [-0.15, -0.1) is 0 Å². The first-order valence-corrected chi connectivity index (χ1v) is 8.82. The molecule has 0 aliphatic heterocycles. The summed E-state index contributed by atoms with van der Waals surface area (Å²) in [6.07, 6.45) is 6.20. The number of hydrogen-bond acceptors (Lipinski definition) is 3. The van der Waals surface area contributed by atoms with Crippen molar-refractivity contribution in [2.75, 3.05) is 6.54 Å². The van der Waals surface area contributed by atoms with Crippen LogP contribution < -0.4 is 5.32 Å². The van der Waals surface area contributed by atoms with Gasteiger partial charge in [-0.05, 0) is 30.5 Å². The quantitative estimate of drug-likeness (QED) is 0.789. The number of carbonyl (C=O) groups is 1. The number of para-hydroxylation sites is 2. The standard InChI is InChI=1S/C21H21N3O/c25-20(19-14-22-17-10-4-5-11-18(17)24-19)23-15-21(12-6-7-13-21)16-8-2-1-3-9-16/h1-5,8-11,14H,6-7,12-13,15H2,(H,23,25). The zero-order valence-electron chi connectivity index (χ0n) is 14.1. The molecule has 1 aliphatic carbocycles. The van der Waals surface area contributed by atoms with Crippen LogP contribution in [-0.4, -0.2) is 22.4 Å². The van der Waals surface area contributed by atoms with E-state index in [0.29, 0.717) is 12.2 Å². The summed E-state index contributed by atoms with van der Waals surface area (Å²) in [6.45, 7) is 0.643. The largest absolute Gasteiger partial charge is 0.350 e. The lowest BCUT2D eigenvalue weighted by Crippen LogP contribution is -2.39. The molecule has 1 aliphatic rings. The van der Waals surface area contributed by atoms with Gasteiger partial charge in [-0.2, -0.15) is 0 Å². The first-order chi connectivity index (χ1) is 12.3. The van der Waals surface area contributed by atoms with Crippen LogP contribution in [0.5, 0.6) is 0 Å². The zero-order valence-corrected chi connectivity index (χ0v) is 14.1. The van der Waals surface area contributed by atoms with Crippen molar-refractivity contribution in [3.63, 3.8) is 0 Å². The van der Waals surface area contributed by atoms with Crippen molar-refractivity contribution in [2.45, 2.75) is 31.1 Å². The van der Waals surface area contributed by atoms with Gasteiger partial charge in [0.25, 0.3) is 5.91 Å². The third-order valence-electron chi connectivity index (χ3n) is 5.22. The second-order valence-electron chi connectivity index (χ2n) is 6.78. The molecular weight excluding hydrogens is 310 g/mol. The van der Waals surface area contributed by atoms with E-state index in [9.17, 15) is 4.79 Å². The fourth-order valence-electron chi connectivity index (χ4n) is 3.82. The summed E-state index contributed by atoms with van der Waals surface area (Å²) in [5.41, 5.74) is 3.28. The number of carbonyl (C=O) groups excluding carboxylic acids is 1.